The number of piperidine rings is 2. The number of rotatable bonds is 4. The SMILES string of the molecule is O=C1CCC(c2ccc(N3CCC4(CC3)CN(CCO)C4)cc2)C(=O)N1. The normalized spacial score (nSPS) is 25.9. The summed E-state index contributed by atoms with van der Waals surface area (Å²) in [6.45, 7) is 5.41. The van der Waals surface area contributed by atoms with Crippen molar-refractivity contribution in [3.05, 3.63) is 29.8 Å². The van der Waals surface area contributed by atoms with Crippen molar-refractivity contribution >= 4 is 17.5 Å². The van der Waals surface area contributed by atoms with Gasteiger partial charge in [-0.25, -0.2) is 0 Å². The first-order valence-corrected chi connectivity index (χ1v) is 9.60. The van der Waals surface area contributed by atoms with Gasteiger partial charge in [0.05, 0.1) is 12.5 Å². The highest BCUT2D eigenvalue weighted by Crippen LogP contribution is 2.41. The molecule has 6 nitrogen and oxygen atoms in total. The molecule has 3 aliphatic rings. The van der Waals surface area contributed by atoms with E-state index in [2.05, 4.69) is 27.2 Å². The van der Waals surface area contributed by atoms with Gasteiger partial charge in [0.25, 0.3) is 0 Å². The quantitative estimate of drug-likeness (QED) is 0.790. The third-order valence-electron chi connectivity index (χ3n) is 6.26. The van der Waals surface area contributed by atoms with Gasteiger partial charge in [-0.05, 0) is 42.4 Å². The lowest BCUT2D eigenvalue weighted by Gasteiger charge is -2.54. The van der Waals surface area contributed by atoms with Crippen molar-refractivity contribution < 1.29 is 14.7 Å². The minimum atomic E-state index is -0.209. The number of benzene rings is 1. The summed E-state index contributed by atoms with van der Waals surface area (Å²) in [7, 11) is 0. The van der Waals surface area contributed by atoms with Gasteiger partial charge in [-0.2, -0.15) is 0 Å². The maximum absolute atomic E-state index is 12.0. The molecule has 0 aliphatic carbocycles. The molecule has 3 fully saturated rings. The third-order valence-corrected chi connectivity index (χ3v) is 6.26. The summed E-state index contributed by atoms with van der Waals surface area (Å²) in [5.41, 5.74) is 2.66. The molecule has 0 aromatic heterocycles. The van der Waals surface area contributed by atoms with Crippen molar-refractivity contribution in [2.24, 2.45) is 5.41 Å². The van der Waals surface area contributed by atoms with E-state index in [-0.39, 0.29) is 24.3 Å². The maximum Gasteiger partial charge on any atom is 0.234 e. The van der Waals surface area contributed by atoms with E-state index < -0.39 is 0 Å². The summed E-state index contributed by atoms with van der Waals surface area (Å²) < 4.78 is 0. The van der Waals surface area contributed by atoms with Crippen molar-refractivity contribution in [2.75, 3.05) is 44.2 Å². The molecule has 2 amide bonds. The van der Waals surface area contributed by atoms with Crippen LogP contribution in [0.4, 0.5) is 5.69 Å². The minimum Gasteiger partial charge on any atom is -0.395 e. The van der Waals surface area contributed by atoms with Crippen LogP contribution in [-0.4, -0.2) is 61.2 Å². The van der Waals surface area contributed by atoms with Gasteiger partial charge in [0.15, 0.2) is 0 Å². The third kappa shape index (κ3) is 3.35. The van der Waals surface area contributed by atoms with E-state index in [1.807, 2.05) is 12.1 Å². The molecule has 1 aromatic rings. The topological polar surface area (TPSA) is 72.9 Å². The number of hydrogen-bond donors (Lipinski definition) is 2. The van der Waals surface area contributed by atoms with E-state index >= 15 is 0 Å². The fraction of sp³-hybridized carbons (Fsp3) is 0.600. The number of amides is 2. The van der Waals surface area contributed by atoms with Crippen LogP contribution in [0.5, 0.6) is 0 Å². The molecule has 1 unspecified atom stereocenters. The van der Waals surface area contributed by atoms with E-state index in [4.69, 9.17) is 5.11 Å². The molecule has 4 rings (SSSR count). The molecular formula is C20H27N3O3. The molecule has 1 atom stereocenters. The van der Waals surface area contributed by atoms with Crippen molar-refractivity contribution in [2.45, 2.75) is 31.6 Å². The van der Waals surface area contributed by atoms with Crippen LogP contribution >= 0.6 is 0 Å². The van der Waals surface area contributed by atoms with Gasteiger partial charge in [0, 0.05) is 44.8 Å². The highest BCUT2D eigenvalue weighted by molar-refractivity contribution is 6.00. The predicted molar refractivity (Wildman–Crippen MR) is 99.0 cm³/mol. The van der Waals surface area contributed by atoms with Crippen molar-refractivity contribution in [1.29, 1.82) is 0 Å². The van der Waals surface area contributed by atoms with Crippen LogP contribution in [0.1, 0.15) is 37.2 Å². The van der Waals surface area contributed by atoms with Crippen LogP contribution in [0.2, 0.25) is 0 Å². The van der Waals surface area contributed by atoms with Crippen LogP contribution in [0, 0.1) is 5.41 Å². The van der Waals surface area contributed by atoms with Gasteiger partial charge in [0.2, 0.25) is 11.8 Å². The number of carbonyl (C=O) groups is 2. The second-order valence-electron chi connectivity index (χ2n) is 8.02. The van der Waals surface area contributed by atoms with Crippen molar-refractivity contribution in [1.82, 2.24) is 10.2 Å². The average Bonchev–Trinajstić information content (AvgIpc) is 2.62. The summed E-state index contributed by atoms with van der Waals surface area (Å²) >= 11 is 0. The van der Waals surface area contributed by atoms with Gasteiger partial charge in [-0.1, -0.05) is 12.1 Å². The molecule has 0 bridgehead atoms. The Balaban J connectivity index is 1.34. The molecular weight excluding hydrogens is 330 g/mol. The number of hydrogen-bond acceptors (Lipinski definition) is 5. The van der Waals surface area contributed by atoms with E-state index in [9.17, 15) is 9.59 Å². The van der Waals surface area contributed by atoms with Crippen LogP contribution in [0.15, 0.2) is 24.3 Å². The van der Waals surface area contributed by atoms with E-state index in [0.29, 0.717) is 18.3 Å². The van der Waals surface area contributed by atoms with Crippen LogP contribution in [0.3, 0.4) is 0 Å². The fourth-order valence-electron chi connectivity index (χ4n) is 4.69. The number of aliphatic hydroxyl groups is 1. The van der Waals surface area contributed by atoms with Gasteiger partial charge < -0.3 is 10.0 Å². The summed E-state index contributed by atoms with van der Waals surface area (Å²) in [5.74, 6) is -0.552. The first kappa shape index (κ1) is 17.5. The lowest BCUT2D eigenvalue weighted by molar-refractivity contribution is -0.134. The van der Waals surface area contributed by atoms with Crippen LogP contribution in [-0.2, 0) is 9.59 Å². The summed E-state index contributed by atoms with van der Waals surface area (Å²) in [5, 5.41) is 11.5. The molecule has 3 heterocycles. The average molecular weight is 357 g/mol. The molecule has 140 valence electrons. The highest BCUT2D eigenvalue weighted by Gasteiger charge is 2.44. The molecule has 3 saturated heterocycles. The van der Waals surface area contributed by atoms with Crippen LogP contribution in [0.25, 0.3) is 0 Å². The lowest BCUT2D eigenvalue weighted by Crippen LogP contribution is -2.60. The van der Waals surface area contributed by atoms with Gasteiger partial charge in [0.1, 0.15) is 0 Å². The van der Waals surface area contributed by atoms with Crippen molar-refractivity contribution in [3.8, 4) is 0 Å². The van der Waals surface area contributed by atoms with Crippen molar-refractivity contribution in [3.63, 3.8) is 0 Å². The molecule has 0 radical (unpaired) electrons. The second kappa shape index (κ2) is 7.00. The number of anilines is 1. The highest BCUT2D eigenvalue weighted by atomic mass is 16.3. The first-order valence-electron chi connectivity index (χ1n) is 9.60. The molecule has 6 heteroatoms. The summed E-state index contributed by atoms with van der Waals surface area (Å²) in [4.78, 5) is 28.1. The molecule has 26 heavy (non-hydrogen) atoms. The molecule has 2 N–H and O–H groups in total. The predicted octanol–water partition coefficient (Wildman–Crippen LogP) is 1.10. The molecule has 3 aliphatic heterocycles. The lowest BCUT2D eigenvalue weighted by atomic mass is 9.72. The Morgan fingerprint density at radius 3 is 2.42 bits per heavy atom. The maximum atomic E-state index is 12.0. The molecule has 1 spiro atoms. The van der Waals surface area contributed by atoms with Gasteiger partial charge in [-0.3, -0.25) is 19.8 Å². The largest absolute Gasteiger partial charge is 0.395 e. The summed E-state index contributed by atoms with van der Waals surface area (Å²) in [6.07, 6.45) is 3.41. The van der Waals surface area contributed by atoms with E-state index in [1.54, 1.807) is 0 Å². The number of nitrogens with zero attached hydrogens (tertiary/aromatic N) is 2. The zero-order valence-corrected chi connectivity index (χ0v) is 15.1. The van der Waals surface area contributed by atoms with Gasteiger partial charge >= 0.3 is 0 Å². The van der Waals surface area contributed by atoms with E-state index in [0.717, 1.165) is 38.3 Å². The first-order chi connectivity index (χ1) is 12.6. The standard InChI is InChI=1S/C20H27N3O3/c24-12-11-22-13-20(14-22)7-9-23(10-8-20)16-3-1-15(2-4-16)17-5-6-18(25)21-19(17)26/h1-4,17,24H,5-14H2,(H,21,25,26). The Morgan fingerprint density at radius 1 is 1.12 bits per heavy atom. The number of nitrogens with one attached hydrogen (secondary N) is 1. The van der Waals surface area contributed by atoms with Crippen LogP contribution < -0.4 is 10.2 Å². The number of carbonyl (C=O) groups excluding carboxylic acids is 2. The Bertz CT molecular complexity index is 672. The Kier molecular flexibility index (Phi) is 4.71. The van der Waals surface area contributed by atoms with Gasteiger partial charge in [-0.15, -0.1) is 0 Å². The van der Waals surface area contributed by atoms with E-state index in [1.165, 1.54) is 18.5 Å². The monoisotopic (exact) mass is 357 g/mol. The molecule has 1 aromatic carbocycles. The Hall–Kier alpha value is -1.92. The fourth-order valence-corrected chi connectivity index (χ4v) is 4.69. The number of imide groups is 1. The summed E-state index contributed by atoms with van der Waals surface area (Å²) in [6, 6.07) is 8.28. The minimum absolute atomic E-state index is 0.168. The second-order valence-corrected chi connectivity index (χ2v) is 8.02. The zero-order chi connectivity index (χ0) is 18.1. The Morgan fingerprint density at radius 2 is 1.81 bits per heavy atom. The Labute approximate surface area is 154 Å². The number of likely N-dealkylation sites (tertiary alicyclic amines) is 1. The number of β-amino-alcohol motifs (C(OH)–C–C–N with tert-alkyl or cyclic N) is 1. The number of aliphatic hydroxyl groups excluding tert-OH is 1. The zero-order valence-electron chi connectivity index (χ0n) is 15.1. The smallest absolute Gasteiger partial charge is 0.234 e. The molecule has 0 saturated carbocycles.